The minimum Gasteiger partial charge on any atom is -0.387 e. The predicted molar refractivity (Wildman–Crippen MR) is 194 cm³/mol. The first kappa shape index (κ1) is 45.2. The third-order valence-electron chi connectivity index (χ3n) is 8.61. The Kier molecular flexibility index (Phi) is 33.6. The lowest BCUT2D eigenvalue weighted by Crippen LogP contribution is -2.45. The molecule has 8 nitrogen and oxygen atoms in total. The molecule has 9 heteroatoms. The van der Waals surface area contributed by atoms with E-state index in [2.05, 4.69) is 19.2 Å². The van der Waals surface area contributed by atoms with Gasteiger partial charge in [0, 0.05) is 13.0 Å². The lowest BCUT2D eigenvalue weighted by Gasteiger charge is -2.23. The van der Waals surface area contributed by atoms with Crippen LogP contribution in [0.5, 0.6) is 0 Å². The van der Waals surface area contributed by atoms with Gasteiger partial charge in [0.15, 0.2) is 0 Å². The van der Waals surface area contributed by atoms with Crippen molar-refractivity contribution in [1.82, 2.24) is 5.32 Å². The number of aliphatic hydroxyl groups excluding tert-OH is 1. The Morgan fingerprint density at radius 2 is 1.11 bits per heavy atom. The van der Waals surface area contributed by atoms with Crippen LogP contribution in [0.2, 0.25) is 0 Å². The highest BCUT2D eigenvalue weighted by atomic mass is 31.2. The first-order valence-electron chi connectivity index (χ1n) is 19.3. The summed E-state index contributed by atoms with van der Waals surface area (Å²) in [5, 5.41) is 13.6. The van der Waals surface area contributed by atoms with Gasteiger partial charge < -0.3 is 21.1 Å². The quantitative estimate of drug-likeness (QED) is 0.0295. The molecule has 0 spiro atoms. The van der Waals surface area contributed by atoms with Crippen molar-refractivity contribution in [1.29, 1.82) is 0 Å². The highest BCUT2D eigenvalue weighted by Gasteiger charge is 2.26. The number of hydrogen-bond acceptors (Lipinski definition) is 6. The average Bonchev–Trinajstić information content (AvgIpc) is 3.04. The molecule has 0 aliphatic carbocycles. The normalized spacial score (nSPS) is 14.5. The van der Waals surface area contributed by atoms with Crippen molar-refractivity contribution in [2.24, 2.45) is 5.73 Å². The van der Waals surface area contributed by atoms with E-state index in [9.17, 15) is 19.4 Å². The molecule has 0 aliphatic heterocycles. The van der Waals surface area contributed by atoms with Gasteiger partial charge in [0.25, 0.3) is 0 Å². The van der Waals surface area contributed by atoms with Gasteiger partial charge >= 0.3 is 7.82 Å². The number of amides is 1. The Morgan fingerprint density at radius 3 is 1.54 bits per heavy atom. The van der Waals surface area contributed by atoms with E-state index >= 15 is 0 Å². The molecule has 0 bridgehead atoms. The topological polar surface area (TPSA) is 131 Å². The van der Waals surface area contributed by atoms with Crippen molar-refractivity contribution in [3.8, 4) is 0 Å². The summed E-state index contributed by atoms with van der Waals surface area (Å²) in [7, 11) is -4.32. The number of nitrogens with two attached hydrogens (primary N) is 1. The average molecular weight is 675 g/mol. The van der Waals surface area contributed by atoms with E-state index in [1.54, 1.807) is 6.08 Å². The van der Waals surface area contributed by atoms with Crippen LogP contribution in [0.1, 0.15) is 187 Å². The van der Waals surface area contributed by atoms with Gasteiger partial charge in [0.2, 0.25) is 5.91 Å². The standard InChI is InChI=1S/C37H75N2O6P/c1-3-5-7-9-11-13-15-17-18-19-21-23-25-27-29-31-37(41)39-35(34-45-46(42,43)44-33-32-38)36(40)30-28-26-24-22-20-16-14-12-10-8-6-4-2/h28,30,35-36,40H,3-27,29,31-34,38H2,1-2H3,(H,39,41)(H,42,43)/b30-28+/t35-,36+/m0/s1. The highest BCUT2D eigenvalue weighted by molar-refractivity contribution is 7.47. The number of phosphoric acid groups is 1. The van der Waals surface area contributed by atoms with E-state index in [0.29, 0.717) is 6.42 Å². The Balaban J connectivity index is 4.27. The van der Waals surface area contributed by atoms with Crippen molar-refractivity contribution in [3.05, 3.63) is 12.2 Å². The van der Waals surface area contributed by atoms with Crippen molar-refractivity contribution in [3.63, 3.8) is 0 Å². The summed E-state index contributed by atoms with van der Waals surface area (Å²) < 4.78 is 22.0. The lowest BCUT2D eigenvalue weighted by atomic mass is 10.0. The van der Waals surface area contributed by atoms with Crippen LogP contribution in [0.4, 0.5) is 0 Å². The minimum absolute atomic E-state index is 0.0810. The maximum Gasteiger partial charge on any atom is 0.472 e. The van der Waals surface area contributed by atoms with Crippen LogP contribution in [0.25, 0.3) is 0 Å². The van der Waals surface area contributed by atoms with Gasteiger partial charge in [-0.25, -0.2) is 4.57 Å². The molecule has 0 fully saturated rings. The van der Waals surface area contributed by atoms with Crippen LogP contribution >= 0.6 is 7.82 Å². The molecule has 0 rings (SSSR count). The smallest absolute Gasteiger partial charge is 0.387 e. The molecule has 274 valence electrons. The predicted octanol–water partition coefficient (Wildman–Crippen LogP) is 10.1. The highest BCUT2D eigenvalue weighted by Crippen LogP contribution is 2.43. The molecule has 0 aliphatic rings. The summed E-state index contributed by atoms with van der Waals surface area (Å²) in [5.41, 5.74) is 5.35. The van der Waals surface area contributed by atoms with Gasteiger partial charge in [-0.1, -0.05) is 174 Å². The largest absolute Gasteiger partial charge is 0.472 e. The minimum atomic E-state index is -4.32. The number of allylic oxidation sites excluding steroid dienone is 1. The van der Waals surface area contributed by atoms with Gasteiger partial charge in [-0.2, -0.15) is 0 Å². The molecule has 0 saturated carbocycles. The van der Waals surface area contributed by atoms with Crippen LogP contribution in [-0.2, 0) is 18.4 Å². The van der Waals surface area contributed by atoms with Crippen molar-refractivity contribution in [2.75, 3.05) is 19.8 Å². The number of rotatable bonds is 36. The van der Waals surface area contributed by atoms with Gasteiger partial charge in [-0.05, 0) is 19.3 Å². The van der Waals surface area contributed by atoms with Crippen molar-refractivity contribution < 1.29 is 28.4 Å². The first-order valence-corrected chi connectivity index (χ1v) is 20.8. The maximum atomic E-state index is 12.7. The lowest BCUT2D eigenvalue weighted by molar-refractivity contribution is -0.123. The molecule has 46 heavy (non-hydrogen) atoms. The maximum absolute atomic E-state index is 12.7. The summed E-state index contributed by atoms with van der Waals surface area (Å²) >= 11 is 0. The van der Waals surface area contributed by atoms with Gasteiger partial charge in [-0.3, -0.25) is 13.8 Å². The van der Waals surface area contributed by atoms with Crippen LogP contribution in [0.15, 0.2) is 12.2 Å². The van der Waals surface area contributed by atoms with E-state index < -0.39 is 20.0 Å². The van der Waals surface area contributed by atoms with E-state index in [4.69, 9.17) is 14.8 Å². The molecule has 3 atom stereocenters. The molecular formula is C37H75N2O6P. The SMILES string of the molecule is CCCCCCCCCCCC/C=C/[C@@H](O)[C@H](COP(=O)(O)OCCN)NC(=O)CCCCCCCCCCCCCCCCC. The third-order valence-corrected chi connectivity index (χ3v) is 9.60. The second-order valence-electron chi connectivity index (χ2n) is 13.1. The number of nitrogens with one attached hydrogen (secondary N) is 1. The fourth-order valence-corrected chi connectivity index (χ4v) is 6.42. The number of hydrogen-bond donors (Lipinski definition) is 4. The van der Waals surface area contributed by atoms with E-state index in [1.165, 1.54) is 128 Å². The molecule has 0 heterocycles. The molecule has 0 saturated heterocycles. The molecule has 0 aromatic heterocycles. The fraction of sp³-hybridized carbons (Fsp3) is 0.919. The summed E-state index contributed by atoms with van der Waals surface area (Å²) in [6.07, 6.45) is 35.3. The molecule has 1 amide bonds. The number of carbonyl (C=O) groups is 1. The number of unbranched alkanes of at least 4 members (excludes halogenated alkanes) is 24. The molecule has 0 radical (unpaired) electrons. The van der Waals surface area contributed by atoms with Crippen LogP contribution < -0.4 is 11.1 Å². The molecule has 1 unspecified atom stereocenters. The second-order valence-corrected chi connectivity index (χ2v) is 14.6. The zero-order valence-electron chi connectivity index (χ0n) is 30.1. The van der Waals surface area contributed by atoms with Crippen LogP contribution in [0.3, 0.4) is 0 Å². The molecule has 0 aromatic carbocycles. The molecular weight excluding hydrogens is 599 g/mol. The van der Waals surface area contributed by atoms with E-state index in [-0.39, 0.29) is 25.7 Å². The second kappa shape index (κ2) is 34.1. The van der Waals surface area contributed by atoms with Gasteiger partial charge in [0.05, 0.1) is 25.4 Å². The number of carbonyl (C=O) groups excluding carboxylic acids is 1. The molecule has 0 aromatic rings. The third kappa shape index (κ3) is 31.8. The number of phosphoric ester groups is 1. The van der Waals surface area contributed by atoms with Crippen LogP contribution in [-0.4, -0.2) is 47.8 Å². The van der Waals surface area contributed by atoms with Crippen LogP contribution in [0, 0.1) is 0 Å². The number of aliphatic hydroxyl groups is 1. The van der Waals surface area contributed by atoms with Crippen molar-refractivity contribution >= 4 is 13.7 Å². The zero-order chi connectivity index (χ0) is 34.0. The summed E-state index contributed by atoms with van der Waals surface area (Å²) in [6.45, 7) is 4.13. The Labute approximate surface area is 284 Å². The van der Waals surface area contributed by atoms with Crippen molar-refractivity contribution in [2.45, 2.75) is 199 Å². The fourth-order valence-electron chi connectivity index (χ4n) is 5.66. The van der Waals surface area contributed by atoms with E-state index in [1.807, 2.05) is 6.08 Å². The zero-order valence-corrected chi connectivity index (χ0v) is 31.0. The summed E-state index contributed by atoms with van der Waals surface area (Å²) in [5.74, 6) is -0.193. The van der Waals surface area contributed by atoms with E-state index in [0.717, 1.165) is 38.5 Å². The monoisotopic (exact) mass is 675 g/mol. The van der Waals surface area contributed by atoms with Gasteiger partial charge in [0.1, 0.15) is 0 Å². The Hall–Kier alpha value is -0.760. The van der Waals surface area contributed by atoms with Gasteiger partial charge in [-0.15, -0.1) is 0 Å². The summed E-state index contributed by atoms with van der Waals surface area (Å²) in [6, 6.07) is -0.852. The summed E-state index contributed by atoms with van der Waals surface area (Å²) in [4.78, 5) is 22.6. The Bertz CT molecular complexity index is 739. The first-order chi connectivity index (χ1) is 22.4. The Morgan fingerprint density at radius 1 is 0.696 bits per heavy atom. The molecule has 5 N–H and O–H groups in total.